The van der Waals surface area contributed by atoms with Crippen molar-refractivity contribution in [2.45, 2.75) is 40.0 Å². The highest BCUT2D eigenvalue weighted by atomic mass is 127. The van der Waals surface area contributed by atoms with E-state index in [0.29, 0.717) is 11.8 Å². The number of piperidine rings is 1. The van der Waals surface area contributed by atoms with Crippen molar-refractivity contribution in [1.82, 2.24) is 15.1 Å². The molecule has 0 radical (unpaired) electrons. The van der Waals surface area contributed by atoms with E-state index in [1.54, 1.807) is 0 Å². The molecule has 2 aliphatic heterocycles. The van der Waals surface area contributed by atoms with Crippen LogP contribution in [0.4, 0.5) is 0 Å². The van der Waals surface area contributed by atoms with Gasteiger partial charge in [-0.1, -0.05) is 13.8 Å². The van der Waals surface area contributed by atoms with Gasteiger partial charge in [-0.25, -0.2) is 4.99 Å². The molecule has 0 aromatic heterocycles. The van der Waals surface area contributed by atoms with Crippen LogP contribution in [0.5, 0.6) is 0 Å². The molecule has 0 aromatic rings. The molecule has 1 amide bonds. The minimum absolute atomic E-state index is 0. The van der Waals surface area contributed by atoms with Gasteiger partial charge in [-0.3, -0.25) is 4.79 Å². The van der Waals surface area contributed by atoms with Crippen molar-refractivity contribution in [1.29, 1.82) is 0 Å². The molecule has 0 spiro atoms. The van der Waals surface area contributed by atoms with Gasteiger partial charge in [0.1, 0.15) is 6.54 Å². The molecule has 2 fully saturated rings. The Morgan fingerprint density at radius 2 is 1.73 bits per heavy atom. The minimum Gasteiger partial charge on any atom is -0.357 e. The Balaban J connectivity index is 0.00000242. The number of carbonyl (C=O) groups excluding carboxylic acids is 1. The molecule has 2 aliphatic rings. The summed E-state index contributed by atoms with van der Waals surface area (Å²) in [4.78, 5) is 21.0. The Kier molecular flexibility index (Phi) is 8.49. The fourth-order valence-corrected chi connectivity index (χ4v) is 3.47. The predicted molar refractivity (Wildman–Crippen MR) is 102 cm³/mol. The van der Waals surface area contributed by atoms with Crippen molar-refractivity contribution in [2.24, 2.45) is 16.8 Å². The number of amides is 1. The fourth-order valence-electron chi connectivity index (χ4n) is 3.47. The zero-order chi connectivity index (χ0) is 15.2. The van der Waals surface area contributed by atoms with E-state index in [1.165, 1.54) is 6.42 Å². The van der Waals surface area contributed by atoms with Crippen LogP contribution in [-0.4, -0.2) is 60.9 Å². The average molecular weight is 422 g/mol. The second kappa shape index (κ2) is 9.57. The number of nitrogens with one attached hydrogen (secondary N) is 1. The lowest BCUT2D eigenvalue weighted by Crippen LogP contribution is -2.48. The summed E-state index contributed by atoms with van der Waals surface area (Å²) < 4.78 is 0. The molecular formula is C16H31IN4O. The molecule has 0 aromatic carbocycles. The molecule has 2 atom stereocenters. The number of nitrogens with zero attached hydrogens (tertiary/aromatic N) is 3. The first-order valence-corrected chi connectivity index (χ1v) is 8.41. The van der Waals surface area contributed by atoms with Crippen molar-refractivity contribution in [3.63, 3.8) is 0 Å². The Labute approximate surface area is 151 Å². The summed E-state index contributed by atoms with van der Waals surface area (Å²) in [5.74, 6) is 2.45. The lowest BCUT2D eigenvalue weighted by atomic mass is 9.92. The van der Waals surface area contributed by atoms with Crippen LogP contribution in [0.1, 0.15) is 40.0 Å². The molecule has 0 saturated carbocycles. The zero-order valence-corrected chi connectivity index (χ0v) is 16.5. The number of likely N-dealkylation sites (tertiary alicyclic amines) is 2. The highest BCUT2D eigenvalue weighted by molar-refractivity contribution is 14.0. The monoisotopic (exact) mass is 422 g/mol. The van der Waals surface area contributed by atoms with Gasteiger partial charge in [0.25, 0.3) is 0 Å². The predicted octanol–water partition coefficient (Wildman–Crippen LogP) is 2.17. The standard InChI is InChI=1S/C16H30N4O.HI/c1-4-17-16(20-11-13(2)9-14(3)12-20)18-10-15(21)19-7-5-6-8-19;/h13-14H,4-12H2,1-3H3,(H,17,18);1H. The second-order valence-electron chi connectivity index (χ2n) is 6.61. The highest BCUT2D eigenvalue weighted by Gasteiger charge is 2.24. The Morgan fingerprint density at radius 3 is 2.27 bits per heavy atom. The van der Waals surface area contributed by atoms with E-state index in [0.717, 1.165) is 51.5 Å². The molecule has 2 heterocycles. The quantitative estimate of drug-likeness (QED) is 0.431. The summed E-state index contributed by atoms with van der Waals surface area (Å²) in [6.45, 7) is 11.7. The van der Waals surface area contributed by atoms with Gasteiger partial charge in [0.2, 0.25) is 5.91 Å². The Morgan fingerprint density at radius 1 is 1.14 bits per heavy atom. The molecular weight excluding hydrogens is 391 g/mol. The number of hydrogen-bond donors (Lipinski definition) is 1. The third-order valence-electron chi connectivity index (χ3n) is 4.33. The molecule has 6 heteroatoms. The van der Waals surface area contributed by atoms with Gasteiger partial charge in [-0.05, 0) is 38.0 Å². The van der Waals surface area contributed by atoms with Crippen LogP contribution < -0.4 is 5.32 Å². The number of rotatable bonds is 3. The Bertz CT molecular complexity index is 372. The van der Waals surface area contributed by atoms with E-state index in [9.17, 15) is 4.79 Å². The summed E-state index contributed by atoms with van der Waals surface area (Å²) in [7, 11) is 0. The van der Waals surface area contributed by atoms with Crippen molar-refractivity contribution in [3.05, 3.63) is 0 Å². The maximum Gasteiger partial charge on any atom is 0.244 e. The smallest absolute Gasteiger partial charge is 0.244 e. The zero-order valence-electron chi connectivity index (χ0n) is 14.2. The lowest BCUT2D eigenvalue weighted by molar-refractivity contribution is -0.128. The van der Waals surface area contributed by atoms with Crippen molar-refractivity contribution in [3.8, 4) is 0 Å². The molecule has 0 bridgehead atoms. The average Bonchev–Trinajstić information content (AvgIpc) is 2.96. The van der Waals surface area contributed by atoms with Gasteiger partial charge in [-0.2, -0.15) is 0 Å². The molecule has 1 N–H and O–H groups in total. The van der Waals surface area contributed by atoms with Gasteiger partial charge >= 0.3 is 0 Å². The molecule has 22 heavy (non-hydrogen) atoms. The summed E-state index contributed by atoms with van der Waals surface area (Å²) >= 11 is 0. The maximum absolute atomic E-state index is 12.1. The van der Waals surface area contributed by atoms with Crippen LogP contribution >= 0.6 is 24.0 Å². The fraction of sp³-hybridized carbons (Fsp3) is 0.875. The first-order chi connectivity index (χ1) is 10.1. The first kappa shape index (κ1) is 19.5. The third kappa shape index (κ3) is 5.59. The molecule has 128 valence electrons. The molecule has 2 unspecified atom stereocenters. The summed E-state index contributed by atoms with van der Waals surface area (Å²) in [5.41, 5.74) is 0. The number of hydrogen-bond acceptors (Lipinski definition) is 2. The van der Waals surface area contributed by atoms with Crippen LogP contribution in [0, 0.1) is 11.8 Å². The molecule has 2 saturated heterocycles. The van der Waals surface area contributed by atoms with Crippen LogP contribution in [0.3, 0.4) is 0 Å². The van der Waals surface area contributed by atoms with Gasteiger partial charge in [-0.15, -0.1) is 24.0 Å². The Hall–Kier alpha value is -0.530. The second-order valence-corrected chi connectivity index (χ2v) is 6.61. The number of aliphatic imine (C=N–C) groups is 1. The van der Waals surface area contributed by atoms with Gasteiger partial charge in [0, 0.05) is 32.7 Å². The topological polar surface area (TPSA) is 47.9 Å². The third-order valence-corrected chi connectivity index (χ3v) is 4.33. The van der Waals surface area contributed by atoms with Crippen LogP contribution in [0.25, 0.3) is 0 Å². The SMILES string of the molecule is CCNC(=NCC(=O)N1CCCC1)N1CC(C)CC(C)C1.I. The van der Waals surface area contributed by atoms with Crippen molar-refractivity contribution >= 4 is 35.8 Å². The van der Waals surface area contributed by atoms with Crippen LogP contribution in [-0.2, 0) is 4.79 Å². The molecule has 2 rings (SSSR count). The lowest BCUT2D eigenvalue weighted by Gasteiger charge is -2.37. The van der Waals surface area contributed by atoms with Gasteiger partial charge < -0.3 is 15.1 Å². The molecule has 5 nitrogen and oxygen atoms in total. The van der Waals surface area contributed by atoms with Crippen LogP contribution in [0.15, 0.2) is 4.99 Å². The minimum atomic E-state index is 0. The highest BCUT2D eigenvalue weighted by Crippen LogP contribution is 2.20. The van der Waals surface area contributed by atoms with E-state index in [2.05, 4.69) is 36.0 Å². The number of carbonyl (C=O) groups is 1. The van der Waals surface area contributed by atoms with E-state index in [-0.39, 0.29) is 36.4 Å². The van der Waals surface area contributed by atoms with Crippen LogP contribution in [0.2, 0.25) is 0 Å². The maximum atomic E-state index is 12.1. The molecule has 0 aliphatic carbocycles. The number of guanidine groups is 1. The first-order valence-electron chi connectivity index (χ1n) is 8.41. The largest absolute Gasteiger partial charge is 0.357 e. The van der Waals surface area contributed by atoms with E-state index < -0.39 is 0 Å². The van der Waals surface area contributed by atoms with Gasteiger partial charge in [0.15, 0.2) is 5.96 Å². The summed E-state index contributed by atoms with van der Waals surface area (Å²) in [6.07, 6.45) is 3.55. The normalized spacial score (nSPS) is 25.9. The van der Waals surface area contributed by atoms with Crippen molar-refractivity contribution in [2.75, 3.05) is 39.3 Å². The summed E-state index contributed by atoms with van der Waals surface area (Å²) in [6, 6.07) is 0. The summed E-state index contributed by atoms with van der Waals surface area (Å²) in [5, 5.41) is 3.34. The van der Waals surface area contributed by atoms with E-state index in [4.69, 9.17) is 0 Å². The number of halogens is 1. The van der Waals surface area contributed by atoms with Gasteiger partial charge in [0.05, 0.1) is 0 Å². The van der Waals surface area contributed by atoms with Crippen molar-refractivity contribution < 1.29 is 4.79 Å². The van der Waals surface area contributed by atoms with E-state index in [1.807, 2.05) is 4.90 Å². The van der Waals surface area contributed by atoms with E-state index >= 15 is 0 Å².